The lowest BCUT2D eigenvalue weighted by molar-refractivity contribution is -0.139. The summed E-state index contributed by atoms with van der Waals surface area (Å²) >= 11 is 0. The van der Waals surface area contributed by atoms with Crippen molar-refractivity contribution in [2.75, 3.05) is 19.0 Å². The van der Waals surface area contributed by atoms with Gasteiger partial charge < -0.3 is 20.5 Å². The van der Waals surface area contributed by atoms with Crippen molar-refractivity contribution in [3.05, 3.63) is 24.0 Å². The predicted octanol–water partition coefficient (Wildman–Crippen LogP) is 1.39. The van der Waals surface area contributed by atoms with Crippen molar-refractivity contribution in [1.82, 2.24) is 10.3 Å². The first-order valence-electron chi connectivity index (χ1n) is 6.24. The lowest BCUT2D eigenvalue weighted by Crippen LogP contribution is -2.43. The maximum atomic E-state index is 11.8. The number of aryl methyl sites for hydroxylation is 1. The molecule has 7 heteroatoms. The molecule has 1 aromatic rings. The van der Waals surface area contributed by atoms with E-state index in [2.05, 4.69) is 15.6 Å². The Morgan fingerprint density at radius 1 is 1.50 bits per heavy atom. The summed E-state index contributed by atoms with van der Waals surface area (Å²) in [5.74, 6) is -1.07. The number of anilines is 1. The highest BCUT2D eigenvalue weighted by Crippen LogP contribution is 2.11. The third kappa shape index (κ3) is 5.23. The maximum absolute atomic E-state index is 11.8. The number of rotatable bonds is 7. The summed E-state index contributed by atoms with van der Waals surface area (Å²) in [5, 5.41) is 14.0. The van der Waals surface area contributed by atoms with Gasteiger partial charge in [0.1, 0.15) is 6.04 Å². The highest BCUT2D eigenvalue weighted by molar-refractivity contribution is 5.92. The van der Waals surface area contributed by atoms with E-state index >= 15 is 0 Å². The standard InChI is InChI=1S/C13H19N3O4/c1-9-5-6-14-8-11(9)16-13(19)15-10(12(17)18)4-3-7-20-2/h5-6,8,10H,3-4,7H2,1-2H3,(H,17,18)(H2,15,16,19). The first kappa shape index (κ1) is 15.9. The molecule has 0 aromatic carbocycles. The van der Waals surface area contributed by atoms with E-state index in [1.165, 1.54) is 6.20 Å². The minimum atomic E-state index is -1.07. The number of aromatic nitrogens is 1. The van der Waals surface area contributed by atoms with Crippen LogP contribution in [0.3, 0.4) is 0 Å². The van der Waals surface area contributed by atoms with Crippen LogP contribution in [0.25, 0.3) is 0 Å². The summed E-state index contributed by atoms with van der Waals surface area (Å²) in [7, 11) is 1.54. The van der Waals surface area contributed by atoms with E-state index in [0.717, 1.165) is 5.56 Å². The minimum Gasteiger partial charge on any atom is -0.480 e. The number of carbonyl (C=O) groups is 2. The summed E-state index contributed by atoms with van der Waals surface area (Å²) in [6.07, 6.45) is 3.99. The number of hydrogen-bond acceptors (Lipinski definition) is 4. The lowest BCUT2D eigenvalue weighted by Gasteiger charge is -2.15. The summed E-state index contributed by atoms with van der Waals surface area (Å²) in [6, 6.07) is 0.246. The molecule has 2 amide bonds. The van der Waals surface area contributed by atoms with E-state index in [9.17, 15) is 9.59 Å². The summed E-state index contributed by atoms with van der Waals surface area (Å²) in [6.45, 7) is 2.28. The Kier molecular flexibility index (Phi) is 6.45. The summed E-state index contributed by atoms with van der Waals surface area (Å²) in [4.78, 5) is 26.7. The van der Waals surface area contributed by atoms with Crippen molar-refractivity contribution < 1.29 is 19.4 Å². The molecule has 0 aliphatic carbocycles. The number of amides is 2. The molecule has 110 valence electrons. The molecule has 1 atom stereocenters. The first-order chi connectivity index (χ1) is 9.54. The van der Waals surface area contributed by atoms with Gasteiger partial charge in [0, 0.05) is 19.9 Å². The second kappa shape index (κ2) is 8.11. The predicted molar refractivity (Wildman–Crippen MR) is 73.7 cm³/mol. The van der Waals surface area contributed by atoms with E-state index in [-0.39, 0.29) is 0 Å². The van der Waals surface area contributed by atoms with Crippen molar-refractivity contribution in [3.8, 4) is 0 Å². The van der Waals surface area contributed by atoms with Gasteiger partial charge in [-0.15, -0.1) is 0 Å². The molecule has 0 aliphatic rings. The second-order valence-electron chi connectivity index (χ2n) is 4.31. The molecule has 1 rings (SSSR count). The number of ether oxygens (including phenoxy) is 1. The Labute approximate surface area is 117 Å². The van der Waals surface area contributed by atoms with Gasteiger partial charge in [0.25, 0.3) is 0 Å². The highest BCUT2D eigenvalue weighted by atomic mass is 16.5. The fraction of sp³-hybridized carbons (Fsp3) is 0.462. The fourth-order valence-electron chi connectivity index (χ4n) is 1.60. The molecule has 0 radical (unpaired) electrons. The smallest absolute Gasteiger partial charge is 0.326 e. The minimum absolute atomic E-state index is 0.308. The van der Waals surface area contributed by atoms with Gasteiger partial charge >= 0.3 is 12.0 Å². The molecule has 0 saturated heterocycles. The largest absolute Gasteiger partial charge is 0.480 e. The van der Waals surface area contributed by atoms with E-state index < -0.39 is 18.0 Å². The van der Waals surface area contributed by atoms with E-state index in [0.29, 0.717) is 25.1 Å². The number of carboxylic acids is 1. The molecular formula is C13H19N3O4. The first-order valence-corrected chi connectivity index (χ1v) is 6.24. The van der Waals surface area contributed by atoms with Gasteiger partial charge in [-0.1, -0.05) is 0 Å². The zero-order chi connectivity index (χ0) is 15.0. The van der Waals surface area contributed by atoms with E-state index in [1.54, 1.807) is 19.4 Å². The summed E-state index contributed by atoms with van der Waals surface area (Å²) in [5.41, 5.74) is 1.40. The zero-order valence-corrected chi connectivity index (χ0v) is 11.5. The van der Waals surface area contributed by atoms with Crippen LogP contribution in [0.2, 0.25) is 0 Å². The van der Waals surface area contributed by atoms with Crippen molar-refractivity contribution >= 4 is 17.7 Å². The number of aliphatic carboxylic acids is 1. The van der Waals surface area contributed by atoms with E-state index in [4.69, 9.17) is 9.84 Å². The second-order valence-corrected chi connectivity index (χ2v) is 4.31. The van der Waals surface area contributed by atoms with Gasteiger partial charge in [-0.3, -0.25) is 4.98 Å². The average Bonchev–Trinajstić information content (AvgIpc) is 2.40. The van der Waals surface area contributed by atoms with Gasteiger partial charge in [-0.05, 0) is 31.4 Å². The Bertz CT molecular complexity index is 465. The van der Waals surface area contributed by atoms with Crippen LogP contribution in [-0.4, -0.2) is 41.8 Å². The highest BCUT2D eigenvalue weighted by Gasteiger charge is 2.19. The van der Waals surface area contributed by atoms with Crippen LogP contribution in [0.4, 0.5) is 10.5 Å². The van der Waals surface area contributed by atoms with Gasteiger partial charge in [-0.25, -0.2) is 9.59 Å². The topological polar surface area (TPSA) is 101 Å². The molecule has 20 heavy (non-hydrogen) atoms. The molecule has 3 N–H and O–H groups in total. The van der Waals surface area contributed by atoms with Crippen LogP contribution in [0.1, 0.15) is 18.4 Å². The van der Waals surface area contributed by atoms with Crippen LogP contribution in [0.15, 0.2) is 18.5 Å². The monoisotopic (exact) mass is 281 g/mol. The SMILES string of the molecule is COCCCC(NC(=O)Nc1cnccc1C)C(=O)O. The van der Waals surface area contributed by atoms with Crippen molar-refractivity contribution in [3.63, 3.8) is 0 Å². The maximum Gasteiger partial charge on any atom is 0.326 e. The van der Waals surface area contributed by atoms with Crippen LogP contribution in [0.5, 0.6) is 0 Å². The number of carboxylic acid groups (broad SMARTS) is 1. The van der Waals surface area contributed by atoms with Crippen molar-refractivity contribution in [1.29, 1.82) is 0 Å². The Hall–Kier alpha value is -2.15. The number of hydrogen-bond donors (Lipinski definition) is 3. The molecular weight excluding hydrogens is 262 g/mol. The average molecular weight is 281 g/mol. The van der Waals surface area contributed by atoms with Crippen LogP contribution in [-0.2, 0) is 9.53 Å². The van der Waals surface area contributed by atoms with Gasteiger partial charge in [0.05, 0.1) is 11.9 Å². The molecule has 0 fully saturated rings. The normalized spacial score (nSPS) is 11.7. The lowest BCUT2D eigenvalue weighted by atomic mass is 10.1. The molecule has 0 bridgehead atoms. The van der Waals surface area contributed by atoms with Crippen molar-refractivity contribution in [2.45, 2.75) is 25.8 Å². The Balaban J connectivity index is 2.54. The number of nitrogens with one attached hydrogen (secondary N) is 2. The summed E-state index contributed by atoms with van der Waals surface area (Å²) < 4.78 is 4.86. The third-order valence-electron chi connectivity index (χ3n) is 2.73. The fourth-order valence-corrected chi connectivity index (χ4v) is 1.60. The molecule has 0 aliphatic heterocycles. The molecule has 1 unspecified atom stereocenters. The third-order valence-corrected chi connectivity index (χ3v) is 2.73. The molecule has 1 aromatic heterocycles. The number of urea groups is 1. The van der Waals surface area contributed by atoms with Crippen LogP contribution < -0.4 is 10.6 Å². The number of carbonyl (C=O) groups excluding carboxylic acids is 1. The Morgan fingerprint density at radius 3 is 2.85 bits per heavy atom. The Morgan fingerprint density at radius 2 is 2.25 bits per heavy atom. The van der Waals surface area contributed by atoms with Gasteiger partial charge in [0.2, 0.25) is 0 Å². The number of nitrogens with zero attached hydrogens (tertiary/aromatic N) is 1. The van der Waals surface area contributed by atoms with Gasteiger partial charge in [-0.2, -0.15) is 0 Å². The van der Waals surface area contributed by atoms with Crippen LogP contribution >= 0.6 is 0 Å². The molecule has 1 heterocycles. The quantitative estimate of drug-likeness (QED) is 0.656. The molecule has 7 nitrogen and oxygen atoms in total. The van der Waals surface area contributed by atoms with Crippen molar-refractivity contribution in [2.24, 2.45) is 0 Å². The van der Waals surface area contributed by atoms with Gasteiger partial charge in [0.15, 0.2) is 0 Å². The van der Waals surface area contributed by atoms with E-state index in [1.807, 2.05) is 6.92 Å². The molecule has 0 saturated carbocycles. The number of pyridine rings is 1. The molecule has 0 spiro atoms. The zero-order valence-electron chi connectivity index (χ0n) is 11.5. The number of methoxy groups -OCH3 is 1. The van der Waals surface area contributed by atoms with Crippen LogP contribution in [0, 0.1) is 6.92 Å².